The van der Waals surface area contributed by atoms with Gasteiger partial charge in [-0.2, -0.15) is 0 Å². The quantitative estimate of drug-likeness (QED) is 0.690. The average Bonchev–Trinajstić information content (AvgIpc) is 2.67. The molecule has 1 aromatic heterocycles. The number of halogens is 2. The van der Waals surface area contributed by atoms with Crippen molar-refractivity contribution in [2.75, 3.05) is 5.73 Å². The number of benzene rings is 2. The summed E-state index contributed by atoms with van der Waals surface area (Å²) < 4.78 is 15.8. The highest BCUT2D eigenvalue weighted by Crippen LogP contribution is 2.28. The van der Waals surface area contributed by atoms with Crippen molar-refractivity contribution in [3.8, 4) is 11.4 Å². The van der Waals surface area contributed by atoms with Gasteiger partial charge in [0.2, 0.25) is 0 Å². The molecule has 0 spiro atoms. The number of fused-ring (bicyclic) bond motifs is 1. The Morgan fingerprint density at radius 1 is 1.21 bits per heavy atom. The van der Waals surface area contributed by atoms with Crippen molar-refractivity contribution in [2.45, 2.75) is 0 Å². The molecule has 0 radical (unpaired) electrons. The van der Waals surface area contributed by atoms with Crippen molar-refractivity contribution in [1.82, 2.24) is 9.55 Å². The van der Waals surface area contributed by atoms with Crippen molar-refractivity contribution in [1.29, 1.82) is 0 Å². The van der Waals surface area contributed by atoms with E-state index >= 15 is 0 Å². The summed E-state index contributed by atoms with van der Waals surface area (Å²) in [5.74, 6) is 0.166. The van der Waals surface area contributed by atoms with Gasteiger partial charge in [0.25, 0.3) is 0 Å². The lowest BCUT2D eigenvalue weighted by Gasteiger charge is -2.04. The monoisotopic (exact) mass is 275 g/mol. The lowest BCUT2D eigenvalue weighted by Crippen LogP contribution is -1.96. The maximum atomic E-state index is 14.0. The molecule has 96 valence electrons. The van der Waals surface area contributed by atoms with Crippen LogP contribution in [0.15, 0.2) is 36.4 Å². The first kappa shape index (κ1) is 12.0. The Labute approximate surface area is 114 Å². The summed E-state index contributed by atoms with van der Waals surface area (Å²) in [5, 5.41) is 0.625. The summed E-state index contributed by atoms with van der Waals surface area (Å²) in [4.78, 5) is 4.44. The van der Waals surface area contributed by atoms with Crippen LogP contribution in [0.3, 0.4) is 0 Å². The van der Waals surface area contributed by atoms with E-state index in [9.17, 15) is 4.39 Å². The first-order valence-corrected chi connectivity index (χ1v) is 6.11. The number of nitrogens with two attached hydrogens (primary N) is 1. The molecule has 0 saturated heterocycles. The van der Waals surface area contributed by atoms with Crippen LogP contribution in [0.4, 0.5) is 10.1 Å². The van der Waals surface area contributed by atoms with Gasteiger partial charge >= 0.3 is 0 Å². The fourth-order valence-corrected chi connectivity index (χ4v) is 2.28. The molecule has 1 heterocycles. The van der Waals surface area contributed by atoms with Crippen LogP contribution in [0, 0.1) is 5.82 Å². The highest BCUT2D eigenvalue weighted by atomic mass is 35.5. The van der Waals surface area contributed by atoms with Gasteiger partial charge in [0.1, 0.15) is 11.6 Å². The molecule has 2 aromatic carbocycles. The fraction of sp³-hybridized carbons (Fsp3) is 0.0714. The van der Waals surface area contributed by atoms with E-state index in [0.29, 0.717) is 22.1 Å². The maximum Gasteiger partial charge on any atom is 0.143 e. The summed E-state index contributed by atoms with van der Waals surface area (Å²) in [6.45, 7) is 0. The predicted octanol–water partition coefficient (Wildman–Crippen LogP) is 3.62. The predicted molar refractivity (Wildman–Crippen MR) is 75.5 cm³/mol. The molecule has 3 rings (SSSR count). The molecule has 0 aliphatic rings. The second kappa shape index (κ2) is 4.24. The number of rotatable bonds is 1. The Kier molecular flexibility index (Phi) is 2.68. The molecule has 0 aliphatic carbocycles. The first-order chi connectivity index (χ1) is 9.06. The number of imidazole rings is 1. The van der Waals surface area contributed by atoms with Crippen molar-refractivity contribution < 1.29 is 4.39 Å². The molecule has 0 saturated carbocycles. The summed E-state index contributed by atoms with van der Waals surface area (Å²) in [6, 6.07) is 9.97. The highest BCUT2D eigenvalue weighted by Gasteiger charge is 2.13. The molecule has 0 bridgehead atoms. The van der Waals surface area contributed by atoms with Gasteiger partial charge in [-0.05, 0) is 36.4 Å². The lowest BCUT2D eigenvalue weighted by atomic mass is 10.2. The highest BCUT2D eigenvalue weighted by molar-refractivity contribution is 6.31. The van der Waals surface area contributed by atoms with E-state index < -0.39 is 0 Å². The number of anilines is 1. The van der Waals surface area contributed by atoms with Gasteiger partial charge in [-0.3, -0.25) is 0 Å². The van der Waals surface area contributed by atoms with Crippen LogP contribution >= 0.6 is 11.6 Å². The zero-order chi connectivity index (χ0) is 13.6. The summed E-state index contributed by atoms with van der Waals surface area (Å²) >= 11 is 5.97. The van der Waals surface area contributed by atoms with Crippen LogP contribution in [0.2, 0.25) is 5.02 Å². The molecule has 19 heavy (non-hydrogen) atoms. The first-order valence-electron chi connectivity index (χ1n) is 5.73. The van der Waals surface area contributed by atoms with Gasteiger partial charge in [0.15, 0.2) is 0 Å². The molecule has 3 aromatic rings. The Morgan fingerprint density at radius 3 is 2.74 bits per heavy atom. The van der Waals surface area contributed by atoms with E-state index in [1.165, 1.54) is 6.07 Å². The standard InChI is InChI=1S/C14H11ClFN3/c1-19-13-6-8(15)2-5-12(13)18-14(19)10-4-3-9(17)7-11(10)16/h2-7H,17H2,1H3. The summed E-state index contributed by atoms with van der Waals surface area (Å²) in [7, 11) is 1.83. The van der Waals surface area contributed by atoms with Crippen LogP contribution in [0.25, 0.3) is 22.4 Å². The van der Waals surface area contributed by atoms with Gasteiger partial charge in [-0.25, -0.2) is 9.37 Å². The van der Waals surface area contributed by atoms with Gasteiger partial charge in [-0.1, -0.05) is 11.6 Å². The minimum atomic E-state index is -0.385. The van der Waals surface area contributed by atoms with Crippen LogP contribution in [-0.4, -0.2) is 9.55 Å². The normalized spacial score (nSPS) is 11.1. The molecule has 0 aliphatic heterocycles. The minimum absolute atomic E-state index is 0.385. The Balaban J connectivity index is 2.28. The fourth-order valence-electron chi connectivity index (χ4n) is 2.12. The van der Waals surface area contributed by atoms with Gasteiger partial charge in [0.05, 0.1) is 16.6 Å². The Morgan fingerprint density at radius 2 is 2.00 bits per heavy atom. The summed E-state index contributed by atoms with van der Waals surface area (Å²) in [5.41, 5.74) is 8.00. The Hall–Kier alpha value is -2.07. The Bertz CT molecular complexity index is 780. The molecule has 3 nitrogen and oxygen atoms in total. The van der Waals surface area contributed by atoms with Gasteiger partial charge < -0.3 is 10.3 Å². The summed E-state index contributed by atoms with van der Waals surface area (Å²) in [6.07, 6.45) is 0. The molecule has 2 N–H and O–H groups in total. The van der Waals surface area contributed by atoms with Crippen LogP contribution in [0.1, 0.15) is 0 Å². The maximum absolute atomic E-state index is 14.0. The number of aromatic nitrogens is 2. The van der Waals surface area contributed by atoms with Crippen molar-refractivity contribution in [3.05, 3.63) is 47.2 Å². The molecular formula is C14H11ClFN3. The van der Waals surface area contributed by atoms with Crippen LogP contribution < -0.4 is 5.73 Å². The van der Waals surface area contributed by atoms with E-state index in [4.69, 9.17) is 17.3 Å². The number of aryl methyl sites for hydroxylation is 1. The van der Waals surface area contributed by atoms with E-state index in [1.54, 1.807) is 18.2 Å². The van der Waals surface area contributed by atoms with Crippen molar-refractivity contribution >= 4 is 28.3 Å². The molecule has 0 unspecified atom stereocenters. The lowest BCUT2D eigenvalue weighted by molar-refractivity contribution is 0.629. The molecule has 5 heteroatoms. The smallest absolute Gasteiger partial charge is 0.143 e. The van der Waals surface area contributed by atoms with E-state index in [-0.39, 0.29) is 5.82 Å². The van der Waals surface area contributed by atoms with Crippen LogP contribution in [0.5, 0.6) is 0 Å². The number of nitrogen functional groups attached to an aromatic ring is 1. The number of nitrogens with zero attached hydrogens (tertiary/aromatic N) is 2. The largest absolute Gasteiger partial charge is 0.399 e. The molecule has 0 atom stereocenters. The number of hydrogen-bond donors (Lipinski definition) is 1. The van der Waals surface area contributed by atoms with Gasteiger partial charge in [-0.15, -0.1) is 0 Å². The second-order valence-electron chi connectivity index (χ2n) is 4.37. The minimum Gasteiger partial charge on any atom is -0.399 e. The molecule has 0 amide bonds. The van der Waals surface area contributed by atoms with Gasteiger partial charge in [0, 0.05) is 17.8 Å². The molecule has 0 fully saturated rings. The van der Waals surface area contributed by atoms with Crippen molar-refractivity contribution in [3.63, 3.8) is 0 Å². The van der Waals surface area contributed by atoms with Crippen LogP contribution in [-0.2, 0) is 7.05 Å². The zero-order valence-corrected chi connectivity index (χ0v) is 10.9. The van der Waals surface area contributed by atoms with E-state index in [1.807, 2.05) is 23.7 Å². The SMILES string of the molecule is Cn1c(-c2ccc(N)cc2F)nc2ccc(Cl)cc21. The average molecular weight is 276 g/mol. The number of hydrogen-bond acceptors (Lipinski definition) is 2. The van der Waals surface area contributed by atoms with Crippen molar-refractivity contribution in [2.24, 2.45) is 7.05 Å². The van der Waals surface area contributed by atoms with E-state index in [0.717, 1.165) is 11.0 Å². The third kappa shape index (κ3) is 1.94. The molecular weight excluding hydrogens is 265 g/mol. The topological polar surface area (TPSA) is 43.8 Å². The van der Waals surface area contributed by atoms with E-state index in [2.05, 4.69) is 4.98 Å². The third-order valence-electron chi connectivity index (χ3n) is 3.08. The zero-order valence-electron chi connectivity index (χ0n) is 10.2. The third-order valence-corrected chi connectivity index (χ3v) is 3.31. The second-order valence-corrected chi connectivity index (χ2v) is 4.80.